The molecule has 0 aromatic rings. The molecule has 0 spiro atoms. The molecule has 0 N–H and O–H groups in total. The number of hydrogen-bond acceptors (Lipinski definition) is 6. The van der Waals surface area contributed by atoms with E-state index in [-0.39, 0.29) is 13.2 Å². The fourth-order valence-electron chi connectivity index (χ4n) is 0.297. The second-order valence-electron chi connectivity index (χ2n) is 1.58. The van der Waals surface area contributed by atoms with E-state index in [9.17, 15) is 16.8 Å². The van der Waals surface area contributed by atoms with Crippen LogP contribution in [-0.2, 0) is 29.5 Å². The van der Waals surface area contributed by atoms with E-state index >= 15 is 0 Å². The van der Waals surface area contributed by atoms with Crippen LogP contribution in [0, 0.1) is 0 Å². The van der Waals surface area contributed by atoms with Gasteiger partial charge in [-0.25, -0.2) is 8.42 Å². The number of rotatable bonds is 5. The van der Waals surface area contributed by atoms with Gasteiger partial charge in [0.25, 0.3) is 21.1 Å². The molecule has 0 saturated heterocycles. The van der Waals surface area contributed by atoms with Gasteiger partial charge in [0.15, 0.2) is 0 Å². The summed E-state index contributed by atoms with van der Waals surface area (Å²) in [7, 11) is -6.42. The van der Waals surface area contributed by atoms with Crippen LogP contribution < -0.4 is 0 Å². The fraction of sp³-hybridized carbons (Fsp3) is 1.00. The molecule has 0 aliphatic rings. The quantitative estimate of drug-likeness (QED) is 0.333. The van der Waals surface area contributed by atoms with E-state index in [1.165, 1.54) is 0 Å². The van der Waals surface area contributed by atoms with Crippen LogP contribution in [0.15, 0.2) is 0 Å². The minimum absolute atomic E-state index is 0.286. The second-order valence-corrected chi connectivity index (χ2v) is 3.93. The highest BCUT2D eigenvalue weighted by Gasteiger charge is 2.00. The molecular weight excluding hydrogens is 196 g/mol. The predicted molar refractivity (Wildman–Crippen MR) is 37.1 cm³/mol. The molecule has 0 radical (unpaired) electrons. The van der Waals surface area contributed by atoms with Crippen LogP contribution >= 0.6 is 0 Å². The average Bonchev–Trinajstić information content (AvgIpc) is 1.78. The van der Waals surface area contributed by atoms with Crippen LogP contribution in [-0.4, -0.2) is 36.3 Å². The van der Waals surface area contributed by atoms with Crippen LogP contribution in [0.5, 0.6) is 0 Å². The molecule has 8 heteroatoms. The summed E-state index contributed by atoms with van der Waals surface area (Å²) in [4.78, 5) is 0. The van der Waals surface area contributed by atoms with Gasteiger partial charge in [-0.3, -0.25) is 8.37 Å². The fourth-order valence-corrected chi connectivity index (χ4v) is 0.892. The third-order valence-corrected chi connectivity index (χ3v) is 1.57. The van der Waals surface area contributed by atoms with Crippen LogP contribution in [0.2, 0.25) is 0 Å². The lowest BCUT2D eigenvalue weighted by molar-refractivity contribution is 0.232. The Hall–Kier alpha value is -0.180. The first-order valence-corrected chi connectivity index (χ1v) is 5.45. The van der Waals surface area contributed by atoms with Crippen molar-refractivity contribution in [3.63, 3.8) is 0 Å². The molecule has 0 rings (SSSR count). The third-order valence-electron chi connectivity index (χ3n) is 0.577. The monoisotopic (exact) mass is 204 g/mol. The SMILES string of the molecule is CS(=O)(=O)OCCO[SH](=O)=O. The average molecular weight is 204 g/mol. The first kappa shape index (κ1) is 10.8. The van der Waals surface area contributed by atoms with Gasteiger partial charge in [-0.15, -0.1) is 0 Å². The molecule has 0 aliphatic carbocycles. The van der Waals surface area contributed by atoms with Crippen molar-refractivity contribution in [3.8, 4) is 0 Å². The lowest BCUT2D eigenvalue weighted by Crippen LogP contribution is -2.08. The Morgan fingerprint density at radius 1 is 1.27 bits per heavy atom. The molecule has 0 atom stereocenters. The van der Waals surface area contributed by atoms with Gasteiger partial charge in [0, 0.05) is 0 Å². The van der Waals surface area contributed by atoms with Gasteiger partial charge in [0.05, 0.1) is 19.5 Å². The van der Waals surface area contributed by atoms with E-state index in [0.29, 0.717) is 0 Å². The molecule has 6 nitrogen and oxygen atoms in total. The molecule has 0 aliphatic heterocycles. The van der Waals surface area contributed by atoms with E-state index in [4.69, 9.17) is 0 Å². The van der Waals surface area contributed by atoms with Crippen molar-refractivity contribution in [2.75, 3.05) is 19.5 Å². The Labute approximate surface area is 66.4 Å². The number of hydrogen-bond donors (Lipinski definition) is 1. The standard InChI is InChI=1S/C3H8O6S2/c1-11(6,7)9-3-2-8-10(4)5/h10H,2-3H2,1H3. The molecular formula is C3H8O6S2. The summed E-state index contributed by atoms with van der Waals surface area (Å²) in [6, 6.07) is 0. The van der Waals surface area contributed by atoms with Crippen molar-refractivity contribution in [2.24, 2.45) is 0 Å². The maximum absolute atomic E-state index is 10.2. The molecule has 68 valence electrons. The topological polar surface area (TPSA) is 86.7 Å². The van der Waals surface area contributed by atoms with E-state index < -0.39 is 21.1 Å². The van der Waals surface area contributed by atoms with Crippen molar-refractivity contribution in [1.29, 1.82) is 0 Å². The van der Waals surface area contributed by atoms with E-state index in [1.54, 1.807) is 0 Å². The summed E-state index contributed by atoms with van der Waals surface area (Å²) >= 11 is 0. The highest BCUT2D eigenvalue weighted by molar-refractivity contribution is 7.85. The highest BCUT2D eigenvalue weighted by atomic mass is 32.2. The molecule has 0 heterocycles. The van der Waals surface area contributed by atoms with Crippen LogP contribution in [0.3, 0.4) is 0 Å². The van der Waals surface area contributed by atoms with Crippen LogP contribution in [0.1, 0.15) is 0 Å². The third kappa shape index (κ3) is 9.82. The van der Waals surface area contributed by atoms with Gasteiger partial charge >= 0.3 is 0 Å². The minimum atomic E-state index is -3.50. The molecule has 0 aromatic carbocycles. The van der Waals surface area contributed by atoms with Gasteiger partial charge in [-0.05, 0) is 0 Å². The Kier molecular flexibility index (Phi) is 4.57. The first-order valence-electron chi connectivity index (χ1n) is 2.53. The highest BCUT2D eigenvalue weighted by Crippen LogP contribution is 1.85. The van der Waals surface area contributed by atoms with Crippen molar-refractivity contribution in [2.45, 2.75) is 0 Å². The maximum Gasteiger partial charge on any atom is 0.264 e. The summed E-state index contributed by atoms with van der Waals surface area (Å²) in [6.07, 6.45) is 0.865. The van der Waals surface area contributed by atoms with Crippen molar-refractivity contribution in [1.82, 2.24) is 0 Å². The van der Waals surface area contributed by atoms with Crippen molar-refractivity contribution < 1.29 is 25.2 Å². The van der Waals surface area contributed by atoms with Gasteiger partial charge < -0.3 is 0 Å². The molecule has 11 heavy (non-hydrogen) atoms. The Morgan fingerprint density at radius 3 is 2.18 bits per heavy atom. The Balaban J connectivity index is 3.44. The van der Waals surface area contributed by atoms with Crippen LogP contribution in [0.25, 0.3) is 0 Å². The van der Waals surface area contributed by atoms with Gasteiger partial charge in [0.1, 0.15) is 0 Å². The number of thiol groups is 1. The summed E-state index contributed by atoms with van der Waals surface area (Å²) < 4.78 is 48.1. The zero-order chi connectivity index (χ0) is 8.91. The van der Waals surface area contributed by atoms with E-state index in [1.807, 2.05) is 0 Å². The van der Waals surface area contributed by atoms with Gasteiger partial charge in [0.2, 0.25) is 0 Å². The summed E-state index contributed by atoms with van der Waals surface area (Å²) in [5.41, 5.74) is 0. The lowest BCUT2D eigenvalue weighted by atomic mass is 10.8. The molecule has 0 bridgehead atoms. The Bertz CT molecular complexity index is 254. The maximum atomic E-state index is 10.2. The molecule has 0 unspecified atom stereocenters. The Morgan fingerprint density at radius 2 is 1.82 bits per heavy atom. The molecule has 0 fully saturated rings. The van der Waals surface area contributed by atoms with E-state index in [0.717, 1.165) is 6.26 Å². The normalized spacial score (nSPS) is 12.2. The largest absolute Gasteiger partial charge is 0.270 e. The van der Waals surface area contributed by atoms with Crippen LogP contribution in [0.4, 0.5) is 0 Å². The zero-order valence-corrected chi connectivity index (χ0v) is 7.43. The lowest BCUT2D eigenvalue weighted by Gasteiger charge is -1.97. The van der Waals surface area contributed by atoms with Gasteiger partial charge in [-0.1, -0.05) is 0 Å². The predicted octanol–water partition coefficient (Wildman–Crippen LogP) is -1.49. The molecule has 0 aromatic heterocycles. The first-order chi connectivity index (χ1) is 4.92. The second kappa shape index (κ2) is 4.65. The summed E-state index contributed by atoms with van der Waals surface area (Å²) in [5, 5.41) is 0. The van der Waals surface area contributed by atoms with Crippen molar-refractivity contribution in [3.05, 3.63) is 0 Å². The van der Waals surface area contributed by atoms with E-state index in [2.05, 4.69) is 8.37 Å². The molecule has 0 saturated carbocycles. The summed E-state index contributed by atoms with van der Waals surface area (Å²) in [6.45, 7) is -0.575. The summed E-state index contributed by atoms with van der Waals surface area (Å²) in [5.74, 6) is 0. The molecule has 0 amide bonds. The smallest absolute Gasteiger partial charge is 0.264 e. The zero-order valence-electron chi connectivity index (χ0n) is 5.72. The van der Waals surface area contributed by atoms with Gasteiger partial charge in [-0.2, -0.15) is 8.42 Å². The minimum Gasteiger partial charge on any atom is -0.270 e. The van der Waals surface area contributed by atoms with Crippen molar-refractivity contribution >= 4 is 21.1 Å².